The highest BCUT2D eigenvalue weighted by Gasteiger charge is 2.21. The van der Waals surface area contributed by atoms with Crippen LogP contribution < -0.4 is 10.6 Å². The van der Waals surface area contributed by atoms with E-state index in [-0.39, 0.29) is 17.8 Å². The summed E-state index contributed by atoms with van der Waals surface area (Å²) >= 11 is 0. The molecule has 1 aliphatic heterocycles. The molecule has 0 aliphatic carbocycles. The molecule has 0 spiro atoms. The Morgan fingerprint density at radius 3 is 2.43 bits per heavy atom. The first-order chi connectivity index (χ1) is 10.9. The minimum atomic E-state index is -0.464. The van der Waals surface area contributed by atoms with Crippen molar-refractivity contribution in [3.8, 4) is 0 Å². The largest absolute Gasteiger partial charge is 0.335 e. The zero-order valence-electron chi connectivity index (χ0n) is 13.6. The smallest absolute Gasteiger partial charge is 0.319 e. The monoisotopic (exact) mass is 320 g/mol. The number of benzene rings is 1. The number of carbonyl (C=O) groups excluding carboxylic acids is 1. The van der Waals surface area contributed by atoms with E-state index in [1.165, 1.54) is 24.3 Å². The molecule has 7 heteroatoms. The first-order valence-corrected chi connectivity index (χ1v) is 7.98. The van der Waals surface area contributed by atoms with Crippen LogP contribution in [0, 0.1) is 16.0 Å². The van der Waals surface area contributed by atoms with Gasteiger partial charge in [0.25, 0.3) is 5.69 Å². The van der Waals surface area contributed by atoms with Crippen LogP contribution in [0.5, 0.6) is 0 Å². The molecule has 1 fully saturated rings. The fourth-order valence-electron chi connectivity index (χ4n) is 2.80. The number of nitro groups is 1. The molecule has 0 saturated carbocycles. The van der Waals surface area contributed by atoms with Crippen LogP contribution in [0.1, 0.15) is 26.7 Å². The molecular weight excluding hydrogens is 296 g/mol. The van der Waals surface area contributed by atoms with Gasteiger partial charge in [-0.25, -0.2) is 4.79 Å². The molecule has 126 valence electrons. The van der Waals surface area contributed by atoms with Gasteiger partial charge in [0, 0.05) is 43.5 Å². The SMILES string of the molecule is CC(C)CN1CCC(NC(=O)Nc2ccc([N+](=O)[O-])cc2)CC1. The van der Waals surface area contributed by atoms with Crippen LogP contribution in [0.15, 0.2) is 24.3 Å². The van der Waals surface area contributed by atoms with E-state index in [1.54, 1.807) is 0 Å². The molecular formula is C16H24N4O3. The fraction of sp³-hybridized carbons (Fsp3) is 0.562. The molecule has 0 unspecified atom stereocenters. The summed E-state index contributed by atoms with van der Waals surface area (Å²) in [6.45, 7) is 7.52. The van der Waals surface area contributed by atoms with Crippen LogP contribution in [-0.4, -0.2) is 41.5 Å². The number of piperidine rings is 1. The zero-order chi connectivity index (χ0) is 16.8. The lowest BCUT2D eigenvalue weighted by atomic mass is 10.0. The van der Waals surface area contributed by atoms with Crippen molar-refractivity contribution in [3.63, 3.8) is 0 Å². The Bertz CT molecular complexity index is 537. The Kier molecular flexibility index (Phi) is 5.92. The van der Waals surface area contributed by atoms with Gasteiger partial charge in [0.05, 0.1) is 4.92 Å². The average Bonchev–Trinajstić information content (AvgIpc) is 2.49. The summed E-state index contributed by atoms with van der Waals surface area (Å²) in [5.41, 5.74) is 0.554. The van der Waals surface area contributed by atoms with Gasteiger partial charge in [-0.15, -0.1) is 0 Å². The van der Waals surface area contributed by atoms with Crippen molar-refractivity contribution in [2.75, 3.05) is 25.0 Å². The third kappa shape index (κ3) is 5.52. The molecule has 0 aromatic heterocycles. The number of carbonyl (C=O) groups is 1. The molecule has 0 bridgehead atoms. The maximum atomic E-state index is 12.0. The summed E-state index contributed by atoms with van der Waals surface area (Å²) in [5, 5.41) is 16.3. The number of anilines is 1. The normalized spacial score (nSPS) is 16.3. The summed E-state index contributed by atoms with van der Waals surface area (Å²) in [6.07, 6.45) is 1.89. The van der Waals surface area contributed by atoms with Gasteiger partial charge in [-0.2, -0.15) is 0 Å². The second-order valence-electron chi connectivity index (χ2n) is 6.37. The van der Waals surface area contributed by atoms with Crippen LogP contribution in [-0.2, 0) is 0 Å². The van der Waals surface area contributed by atoms with Crippen LogP contribution in [0.4, 0.5) is 16.2 Å². The van der Waals surface area contributed by atoms with Crippen molar-refractivity contribution in [1.82, 2.24) is 10.2 Å². The van der Waals surface area contributed by atoms with Crippen molar-refractivity contribution in [1.29, 1.82) is 0 Å². The summed E-state index contributed by atoms with van der Waals surface area (Å²) in [7, 11) is 0. The van der Waals surface area contributed by atoms with Gasteiger partial charge in [-0.05, 0) is 30.9 Å². The molecule has 0 radical (unpaired) electrons. The van der Waals surface area contributed by atoms with E-state index >= 15 is 0 Å². The molecule has 2 amide bonds. The van der Waals surface area contributed by atoms with Gasteiger partial charge >= 0.3 is 6.03 Å². The zero-order valence-corrected chi connectivity index (χ0v) is 13.6. The maximum absolute atomic E-state index is 12.0. The van der Waals surface area contributed by atoms with Crippen molar-refractivity contribution >= 4 is 17.4 Å². The number of nitrogens with zero attached hydrogens (tertiary/aromatic N) is 2. The van der Waals surface area contributed by atoms with Gasteiger partial charge in [-0.1, -0.05) is 13.8 Å². The van der Waals surface area contributed by atoms with Gasteiger partial charge in [0.1, 0.15) is 0 Å². The third-order valence-electron chi connectivity index (χ3n) is 3.88. The van der Waals surface area contributed by atoms with E-state index in [4.69, 9.17) is 0 Å². The van der Waals surface area contributed by atoms with E-state index in [1.807, 2.05) is 0 Å². The minimum Gasteiger partial charge on any atom is -0.335 e. The van der Waals surface area contributed by atoms with Gasteiger partial charge < -0.3 is 15.5 Å². The summed E-state index contributed by atoms with van der Waals surface area (Å²) in [4.78, 5) is 24.5. The van der Waals surface area contributed by atoms with Gasteiger partial charge in [0.15, 0.2) is 0 Å². The number of non-ortho nitro benzene ring substituents is 1. The fourth-order valence-corrected chi connectivity index (χ4v) is 2.80. The van der Waals surface area contributed by atoms with Crippen molar-refractivity contribution < 1.29 is 9.72 Å². The maximum Gasteiger partial charge on any atom is 0.319 e. The van der Waals surface area contributed by atoms with Crippen molar-refractivity contribution in [2.24, 2.45) is 5.92 Å². The lowest BCUT2D eigenvalue weighted by Crippen LogP contribution is -2.46. The first-order valence-electron chi connectivity index (χ1n) is 7.98. The third-order valence-corrected chi connectivity index (χ3v) is 3.88. The number of nitrogens with one attached hydrogen (secondary N) is 2. The summed E-state index contributed by atoms with van der Waals surface area (Å²) < 4.78 is 0. The highest BCUT2D eigenvalue weighted by molar-refractivity contribution is 5.89. The molecule has 2 N–H and O–H groups in total. The number of likely N-dealkylation sites (tertiary alicyclic amines) is 1. The quantitative estimate of drug-likeness (QED) is 0.645. The summed E-state index contributed by atoms with van der Waals surface area (Å²) in [6, 6.07) is 5.73. The lowest BCUT2D eigenvalue weighted by molar-refractivity contribution is -0.384. The predicted molar refractivity (Wildman–Crippen MR) is 89.6 cm³/mol. The second kappa shape index (κ2) is 7.92. The highest BCUT2D eigenvalue weighted by atomic mass is 16.6. The van der Waals surface area contributed by atoms with Crippen LogP contribution in [0.3, 0.4) is 0 Å². The molecule has 1 saturated heterocycles. The van der Waals surface area contributed by atoms with E-state index in [0.29, 0.717) is 11.6 Å². The minimum absolute atomic E-state index is 0.00785. The van der Waals surface area contributed by atoms with Gasteiger partial charge in [-0.3, -0.25) is 10.1 Å². The number of rotatable bonds is 5. The predicted octanol–water partition coefficient (Wildman–Crippen LogP) is 2.84. The number of amides is 2. The Hall–Kier alpha value is -2.15. The van der Waals surface area contributed by atoms with Gasteiger partial charge in [0.2, 0.25) is 0 Å². The second-order valence-corrected chi connectivity index (χ2v) is 6.37. The summed E-state index contributed by atoms with van der Waals surface area (Å²) in [5.74, 6) is 0.657. The Morgan fingerprint density at radius 2 is 1.91 bits per heavy atom. The van der Waals surface area contributed by atoms with Crippen LogP contribution in [0.25, 0.3) is 0 Å². The lowest BCUT2D eigenvalue weighted by Gasteiger charge is -2.33. The van der Waals surface area contributed by atoms with E-state index < -0.39 is 4.92 Å². The first kappa shape index (κ1) is 17.2. The molecule has 2 rings (SSSR count). The van der Waals surface area contributed by atoms with E-state index in [2.05, 4.69) is 29.4 Å². The van der Waals surface area contributed by atoms with Crippen molar-refractivity contribution in [2.45, 2.75) is 32.7 Å². The van der Waals surface area contributed by atoms with Crippen LogP contribution >= 0.6 is 0 Å². The highest BCUT2D eigenvalue weighted by Crippen LogP contribution is 2.16. The molecule has 1 aromatic carbocycles. The molecule has 0 atom stereocenters. The molecule has 1 aliphatic rings. The number of urea groups is 1. The standard InChI is InChI=1S/C16H24N4O3/c1-12(2)11-19-9-7-14(8-10-19)18-16(21)17-13-3-5-15(6-4-13)20(22)23/h3-6,12,14H,7-11H2,1-2H3,(H2,17,18,21). The molecule has 1 heterocycles. The average molecular weight is 320 g/mol. The Balaban J connectivity index is 1.76. The Labute approximate surface area is 136 Å². The van der Waals surface area contributed by atoms with Crippen molar-refractivity contribution in [3.05, 3.63) is 34.4 Å². The number of hydrogen-bond acceptors (Lipinski definition) is 4. The molecule has 1 aromatic rings. The Morgan fingerprint density at radius 1 is 1.30 bits per heavy atom. The topological polar surface area (TPSA) is 87.5 Å². The number of nitro benzene ring substituents is 1. The number of hydrogen-bond donors (Lipinski definition) is 2. The van der Waals surface area contributed by atoms with E-state index in [9.17, 15) is 14.9 Å². The van der Waals surface area contributed by atoms with E-state index in [0.717, 1.165) is 32.5 Å². The molecule has 23 heavy (non-hydrogen) atoms. The molecule has 7 nitrogen and oxygen atoms in total. The van der Waals surface area contributed by atoms with Crippen LogP contribution in [0.2, 0.25) is 0 Å².